The van der Waals surface area contributed by atoms with Crippen molar-refractivity contribution in [2.45, 2.75) is 80.6 Å². The highest BCUT2D eigenvalue weighted by Crippen LogP contribution is 2.48. The second kappa shape index (κ2) is 10.3. The average molecular weight is 518 g/mol. The Balaban J connectivity index is 1.01. The maximum absolute atomic E-state index is 13.0. The molecule has 1 atom stereocenters. The fraction of sp³-hybridized carbons (Fsp3) is 0.500. The van der Waals surface area contributed by atoms with E-state index in [1.54, 1.807) is 4.90 Å². The highest BCUT2D eigenvalue weighted by Gasteiger charge is 2.40. The number of nitrogens with zero attached hydrogens (tertiary/aromatic N) is 2. The van der Waals surface area contributed by atoms with Gasteiger partial charge in [-0.2, -0.15) is 0 Å². The number of rotatable bonds is 5. The van der Waals surface area contributed by atoms with Crippen molar-refractivity contribution < 1.29 is 14.4 Å². The largest absolute Gasteiger partial charge is 0.322 e. The van der Waals surface area contributed by atoms with E-state index in [-0.39, 0.29) is 24.1 Å². The quantitative estimate of drug-likeness (QED) is 0.579. The molecule has 3 aliphatic heterocycles. The summed E-state index contributed by atoms with van der Waals surface area (Å²) in [6.45, 7) is 3.92. The molecule has 1 unspecified atom stereocenters. The van der Waals surface area contributed by atoms with Gasteiger partial charge in [-0.05, 0) is 92.8 Å². The molecule has 6 rings (SSSR count). The fourth-order valence-corrected chi connectivity index (χ4v) is 7.88. The number of carbonyl (C=O) groups is 3. The zero-order valence-corrected chi connectivity index (χ0v) is 22.1. The molecular formula is C30H35N3O3S. The van der Waals surface area contributed by atoms with Crippen molar-refractivity contribution in [1.82, 2.24) is 15.1 Å². The smallest absolute Gasteiger partial charge is 0.255 e. The van der Waals surface area contributed by atoms with Crippen LogP contribution in [0.4, 0.5) is 0 Å². The highest BCUT2D eigenvalue weighted by molar-refractivity contribution is 8.00. The Labute approximate surface area is 223 Å². The zero-order chi connectivity index (χ0) is 25.4. The standard InChI is InChI=1S/C30H35N3O3S/c34-27-9-8-26(28(35)31-27)33-20-22-18-24(6-7-25(22)29(33)36)37-23-10-12-30(13-11-23)14-16-32(17-15-30)19-21-4-2-1-3-5-21/h1-7,18,23,26H,8-17,19-20H2,(H,31,34,35). The summed E-state index contributed by atoms with van der Waals surface area (Å²) in [6, 6.07) is 16.4. The number of imide groups is 1. The summed E-state index contributed by atoms with van der Waals surface area (Å²) in [4.78, 5) is 42.3. The molecule has 2 aromatic rings. The minimum Gasteiger partial charge on any atom is -0.322 e. The van der Waals surface area contributed by atoms with E-state index in [9.17, 15) is 14.4 Å². The van der Waals surface area contributed by atoms with Gasteiger partial charge in [0, 0.05) is 35.2 Å². The normalized spacial score (nSPS) is 24.4. The minimum atomic E-state index is -0.553. The lowest BCUT2D eigenvalue weighted by Crippen LogP contribution is -2.52. The number of piperidine rings is 2. The Bertz CT molecular complexity index is 1180. The maximum atomic E-state index is 13.0. The molecule has 3 heterocycles. The molecule has 0 aromatic heterocycles. The van der Waals surface area contributed by atoms with Crippen LogP contribution in [-0.4, -0.2) is 51.9 Å². The van der Waals surface area contributed by atoms with Crippen molar-refractivity contribution in [3.63, 3.8) is 0 Å². The molecule has 6 nitrogen and oxygen atoms in total. The van der Waals surface area contributed by atoms with Gasteiger partial charge in [-0.15, -0.1) is 11.8 Å². The van der Waals surface area contributed by atoms with Crippen LogP contribution < -0.4 is 5.32 Å². The highest BCUT2D eigenvalue weighted by atomic mass is 32.2. The Morgan fingerprint density at radius 2 is 1.68 bits per heavy atom. The predicted octanol–water partition coefficient (Wildman–Crippen LogP) is 4.76. The molecule has 2 aromatic carbocycles. The van der Waals surface area contributed by atoms with Gasteiger partial charge in [0.1, 0.15) is 6.04 Å². The summed E-state index contributed by atoms with van der Waals surface area (Å²) in [7, 11) is 0. The van der Waals surface area contributed by atoms with Crippen molar-refractivity contribution in [1.29, 1.82) is 0 Å². The first-order chi connectivity index (χ1) is 18.0. The van der Waals surface area contributed by atoms with E-state index in [0.29, 0.717) is 29.2 Å². The van der Waals surface area contributed by atoms with Gasteiger partial charge in [0.05, 0.1) is 0 Å². The third kappa shape index (κ3) is 5.21. The van der Waals surface area contributed by atoms with Crippen LogP contribution in [-0.2, 0) is 22.7 Å². The average Bonchev–Trinajstić information content (AvgIpc) is 3.23. The molecule has 0 bridgehead atoms. The van der Waals surface area contributed by atoms with Gasteiger partial charge in [0.2, 0.25) is 11.8 Å². The van der Waals surface area contributed by atoms with Gasteiger partial charge in [-0.3, -0.25) is 24.6 Å². The number of thioether (sulfide) groups is 1. The molecule has 1 N–H and O–H groups in total. The van der Waals surface area contributed by atoms with Gasteiger partial charge < -0.3 is 4.90 Å². The number of hydrogen-bond donors (Lipinski definition) is 1. The fourth-order valence-electron chi connectivity index (χ4n) is 6.67. The molecule has 0 radical (unpaired) electrons. The van der Waals surface area contributed by atoms with Crippen LogP contribution in [0.3, 0.4) is 0 Å². The van der Waals surface area contributed by atoms with Crippen molar-refractivity contribution in [2.75, 3.05) is 13.1 Å². The first-order valence-corrected chi connectivity index (χ1v) is 14.6. The number of carbonyl (C=O) groups excluding carboxylic acids is 3. The number of fused-ring (bicyclic) bond motifs is 1. The van der Waals surface area contributed by atoms with E-state index in [2.05, 4.69) is 52.7 Å². The van der Waals surface area contributed by atoms with E-state index in [4.69, 9.17) is 0 Å². The Morgan fingerprint density at radius 3 is 2.41 bits per heavy atom. The van der Waals surface area contributed by atoms with Crippen LogP contribution in [0.25, 0.3) is 0 Å². The lowest BCUT2D eigenvalue weighted by molar-refractivity contribution is -0.136. The topological polar surface area (TPSA) is 69.7 Å². The number of benzene rings is 2. The summed E-state index contributed by atoms with van der Waals surface area (Å²) in [5.41, 5.74) is 3.63. The Morgan fingerprint density at radius 1 is 0.919 bits per heavy atom. The molecule has 2 saturated heterocycles. The summed E-state index contributed by atoms with van der Waals surface area (Å²) in [5.74, 6) is -0.704. The van der Waals surface area contributed by atoms with Gasteiger partial charge in [-0.25, -0.2) is 0 Å². The van der Waals surface area contributed by atoms with Crippen molar-refractivity contribution in [2.24, 2.45) is 5.41 Å². The molecule has 4 aliphatic rings. The van der Waals surface area contributed by atoms with Crippen molar-refractivity contribution in [3.05, 3.63) is 65.2 Å². The van der Waals surface area contributed by atoms with Gasteiger partial charge in [0.25, 0.3) is 5.91 Å². The lowest BCUT2D eigenvalue weighted by Gasteiger charge is -2.46. The first-order valence-electron chi connectivity index (χ1n) is 13.7. The van der Waals surface area contributed by atoms with Crippen LogP contribution in [0, 0.1) is 5.41 Å². The van der Waals surface area contributed by atoms with Crippen LogP contribution in [0.15, 0.2) is 53.4 Å². The molecular weight excluding hydrogens is 482 g/mol. The first kappa shape index (κ1) is 24.7. The SMILES string of the molecule is O=C1CCC(N2Cc3cc(SC4CCC5(CC4)CCN(Cc4ccccc4)CC5)ccc3C2=O)C(=O)N1. The van der Waals surface area contributed by atoms with Crippen LogP contribution in [0.1, 0.15) is 72.9 Å². The molecule has 7 heteroatoms. The number of amides is 3. The van der Waals surface area contributed by atoms with Crippen LogP contribution in [0.5, 0.6) is 0 Å². The second-order valence-electron chi connectivity index (χ2n) is 11.3. The summed E-state index contributed by atoms with van der Waals surface area (Å²) in [6.07, 6.45) is 8.45. The van der Waals surface area contributed by atoms with E-state index in [1.807, 2.05) is 17.8 Å². The Hall–Kier alpha value is -2.64. The van der Waals surface area contributed by atoms with E-state index in [1.165, 1.54) is 62.1 Å². The molecule has 37 heavy (non-hydrogen) atoms. The van der Waals surface area contributed by atoms with Gasteiger partial charge >= 0.3 is 0 Å². The molecule has 1 spiro atoms. The summed E-state index contributed by atoms with van der Waals surface area (Å²) < 4.78 is 0. The third-order valence-corrected chi connectivity index (χ3v) is 10.3. The molecule has 3 amide bonds. The summed E-state index contributed by atoms with van der Waals surface area (Å²) >= 11 is 1.95. The maximum Gasteiger partial charge on any atom is 0.255 e. The molecule has 1 aliphatic carbocycles. The number of nitrogens with one attached hydrogen (secondary N) is 1. The molecule has 194 valence electrons. The number of likely N-dealkylation sites (tertiary alicyclic amines) is 1. The number of hydrogen-bond acceptors (Lipinski definition) is 5. The molecule has 3 fully saturated rings. The van der Waals surface area contributed by atoms with Crippen molar-refractivity contribution >= 4 is 29.5 Å². The summed E-state index contributed by atoms with van der Waals surface area (Å²) in [5, 5.41) is 3.00. The second-order valence-corrected chi connectivity index (χ2v) is 12.7. The zero-order valence-electron chi connectivity index (χ0n) is 21.3. The van der Waals surface area contributed by atoms with Crippen LogP contribution in [0.2, 0.25) is 0 Å². The van der Waals surface area contributed by atoms with E-state index in [0.717, 1.165) is 12.1 Å². The molecule has 1 saturated carbocycles. The van der Waals surface area contributed by atoms with E-state index < -0.39 is 6.04 Å². The van der Waals surface area contributed by atoms with Gasteiger partial charge in [-0.1, -0.05) is 30.3 Å². The van der Waals surface area contributed by atoms with Crippen LogP contribution >= 0.6 is 11.8 Å². The van der Waals surface area contributed by atoms with E-state index >= 15 is 0 Å². The monoisotopic (exact) mass is 517 g/mol. The Kier molecular flexibility index (Phi) is 6.84. The lowest BCUT2D eigenvalue weighted by atomic mass is 9.68. The third-order valence-electron chi connectivity index (χ3n) is 8.96. The predicted molar refractivity (Wildman–Crippen MR) is 144 cm³/mol. The minimum absolute atomic E-state index is 0.0979. The van der Waals surface area contributed by atoms with Gasteiger partial charge in [0.15, 0.2) is 0 Å². The van der Waals surface area contributed by atoms with Crippen molar-refractivity contribution in [3.8, 4) is 0 Å².